The summed E-state index contributed by atoms with van der Waals surface area (Å²) in [6, 6.07) is 6.01. The molecule has 0 aliphatic heterocycles. The fourth-order valence-corrected chi connectivity index (χ4v) is 2.35. The van der Waals surface area contributed by atoms with Crippen LogP contribution in [0.1, 0.15) is 11.1 Å². The van der Waals surface area contributed by atoms with Crippen LogP contribution in [-0.2, 0) is 7.05 Å². The maximum atomic E-state index is 5.89. The Bertz CT molecular complexity index is 590. The first-order valence-electron chi connectivity index (χ1n) is 6.16. The summed E-state index contributed by atoms with van der Waals surface area (Å²) in [7, 11) is 1.10. The van der Waals surface area contributed by atoms with E-state index in [2.05, 4.69) is 23.2 Å². The number of hydrogen-bond donors (Lipinski definition) is 0. The topological polar surface area (TPSA) is 39.4 Å². The molecule has 4 nitrogen and oxygen atoms in total. The van der Waals surface area contributed by atoms with Crippen molar-refractivity contribution in [3.05, 3.63) is 41.7 Å². The molecule has 0 atom stereocenters. The van der Waals surface area contributed by atoms with E-state index < -0.39 is 9.04 Å². The molecule has 2 rings (SSSR count). The van der Waals surface area contributed by atoms with E-state index in [9.17, 15) is 0 Å². The van der Waals surface area contributed by atoms with Gasteiger partial charge in [0.25, 0.3) is 9.04 Å². The molecule has 1 aromatic carbocycles. The van der Waals surface area contributed by atoms with Gasteiger partial charge in [-0.05, 0) is 31.6 Å². The Kier molecular flexibility index (Phi) is 4.16. The van der Waals surface area contributed by atoms with Crippen molar-refractivity contribution in [3.8, 4) is 5.75 Å². The van der Waals surface area contributed by atoms with E-state index in [4.69, 9.17) is 4.43 Å². The Morgan fingerprint density at radius 1 is 1.37 bits per heavy atom. The second kappa shape index (κ2) is 5.84. The summed E-state index contributed by atoms with van der Waals surface area (Å²) in [5, 5.41) is 4.12. The van der Waals surface area contributed by atoms with Crippen LogP contribution in [-0.4, -0.2) is 25.0 Å². The first kappa shape index (κ1) is 13.5. The van der Waals surface area contributed by atoms with Gasteiger partial charge in [-0.15, -0.1) is 0 Å². The molecule has 1 radical (unpaired) electrons. The molecule has 2 aromatic rings. The van der Waals surface area contributed by atoms with Crippen molar-refractivity contribution in [3.63, 3.8) is 0 Å². The minimum Gasteiger partial charge on any atom is -0.541 e. The monoisotopic (exact) mass is 272 g/mol. The van der Waals surface area contributed by atoms with Crippen LogP contribution in [0.5, 0.6) is 5.75 Å². The molecule has 0 saturated carbocycles. The van der Waals surface area contributed by atoms with Gasteiger partial charge in [-0.3, -0.25) is 9.67 Å². The summed E-state index contributed by atoms with van der Waals surface area (Å²) in [5.74, 6) is 0.860. The molecule has 1 heterocycles. The third kappa shape index (κ3) is 3.54. The maximum absolute atomic E-state index is 5.89. The fraction of sp³-hybridized carbons (Fsp3) is 0.286. The van der Waals surface area contributed by atoms with E-state index in [1.807, 2.05) is 44.6 Å². The zero-order valence-corrected chi connectivity index (χ0v) is 12.7. The minimum atomic E-state index is -0.794. The third-order valence-electron chi connectivity index (χ3n) is 2.58. The lowest BCUT2D eigenvalue weighted by Crippen LogP contribution is -2.11. The lowest BCUT2D eigenvalue weighted by molar-refractivity contribution is 0.581. The van der Waals surface area contributed by atoms with Crippen LogP contribution in [0, 0.1) is 6.92 Å². The van der Waals surface area contributed by atoms with Crippen molar-refractivity contribution >= 4 is 20.9 Å². The molecular formula is C14H18N3OSi. The van der Waals surface area contributed by atoms with Gasteiger partial charge in [0.1, 0.15) is 11.4 Å². The van der Waals surface area contributed by atoms with Gasteiger partial charge in [0.2, 0.25) is 0 Å². The highest BCUT2D eigenvalue weighted by Gasteiger charge is 2.08. The molecule has 0 spiro atoms. The Labute approximate surface area is 115 Å². The molecule has 0 fully saturated rings. The number of aryl methyl sites for hydroxylation is 2. The smallest absolute Gasteiger partial charge is 0.274 e. The number of aromatic nitrogens is 2. The highest BCUT2D eigenvalue weighted by molar-refractivity contribution is 6.49. The second-order valence-corrected chi connectivity index (χ2v) is 6.66. The molecule has 99 valence electrons. The summed E-state index contributed by atoms with van der Waals surface area (Å²) in [6.45, 7) is 6.27. The quantitative estimate of drug-likeness (QED) is 0.633. The number of hydrogen-bond acceptors (Lipinski definition) is 3. The summed E-state index contributed by atoms with van der Waals surface area (Å²) in [5.41, 5.74) is 2.99. The molecule has 0 aliphatic carbocycles. The van der Waals surface area contributed by atoms with Crippen molar-refractivity contribution in [2.45, 2.75) is 20.0 Å². The SMILES string of the molecule is Cc1cccc(O[Si](C)C)c1N=Cc1cnn(C)c1. The number of rotatable bonds is 4. The summed E-state index contributed by atoms with van der Waals surface area (Å²) < 4.78 is 7.65. The van der Waals surface area contributed by atoms with Gasteiger partial charge < -0.3 is 4.43 Å². The van der Waals surface area contributed by atoms with Crippen molar-refractivity contribution in [2.75, 3.05) is 0 Å². The average molecular weight is 272 g/mol. The Hall–Kier alpha value is -1.88. The summed E-state index contributed by atoms with van der Waals surface area (Å²) >= 11 is 0. The molecule has 0 saturated heterocycles. The first-order valence-corrected chi connectivity index (χ1v) is 8.57. The van der Waals surface area contributed by atoms with Crippen molar-refractivity contribution < 1.29 is 4.43 Å². The molecule has 0 unspecified atom stereocenters. The van der Waals surface area contributed by atoms with Crippen molar-refractivity contribution in [2.24, 2.45) is 12.0 Å². The van der Waals surface area contributed by atoms with E-state index in [1.54, 1.807) is 10.9 Å². The lowest BCUT2D eigenvalue weighted by Gasteiger charge is -2.12. The van der Waals surface area contributed by atoms with Gasteiger partial charge >= 0.3 is 0 Å². The van der Waals surface area contributed by atoms with E-state index in [0.717, 1.165) is 22.6 Å². The van der Waals surface area contributed by atoms with Crippen molar-refractivity contribution in [1.29, 1.82) is 0 Å². The van der Waals surface area contributed by atoms with Crippen LogP contribution in [0.25, 0.3) is 0 Å². The second-order valence-electron chi connectivity index (χ2n) is 4.64. The van der Waals surface area contributed by atoms with Crippen LogP contribution >= 0.6 is 0 Å². The Morgan fingerprint density at radius 2 is 2.16 bits per heavy atom. The van der Waals surface area contributed by atoms with E-state index in [1.165, 1.54) is 0 Å². The summed E-state index contributed by atoms with van der Waals surface area (Å²) in [6.07, 6.45) is 5.54. The predicted molar refractivity (Wildman–Crippen MR) is 79.8 cm³/mol. The number of benzene rings is 1. The number of nitrogens with zero attached hydrogens (tertiary/aromatic N) is 3. The van der Waals surface area contributed by atoms with Crippen LogP contribution in [0.15, 0.2) is 35.6 Å². The standard InChI is InChI=1S/C14H18N3OSi/c1-11-6-5-7-13(18-19(3)4)14(11)15-8-12-9-16-17(2)10-12/h5-10H,1-4H3. The average Bonchev–Trinajstić information content (AvgIpc) is 2.73. The highest BCUT2D eigenvalue weighted by atomic mass is 28.3. The highest BCUT2D eigenvalue weighted by Crippen LogP contribution is 2.31. The lowest BCUT2D eigenvalue weighted by atomic mass is 10.2. The molecular weight excluding hydrogens is 254 g/mol. The zero-order chi connectivity index (χ0) is 13.8. The van der Waals surface area contributed by atoms with Crippen LogP contribution in [0.3, 0.4) is 0 Å². The van der Waals surface area contributed by atoms with Crippen LogP contribution < -0.4 is 4.43 Å². The number of para-hydroxylation sites is 1. The molecule has 0 amide bonds. The van der Waals surface area contributed by atoms with Gasteiger partial charge in [-0.1, -0.05) is 12.1 Å². The molecule has 1 aromatic heterocycles. The number of aliphatic imine (C=N–C) groups is 1. The van der Waals surface area contributed by atoms with Crippen LogP contribution in [0.4, 0.5) is 5.69 Å². The van der Waals surface area contributed by atoms with E-state index in [0.29, 0.717) is 0 Å². The van der Waals surface area contributed by atoms with Gasteiger partial charge in [0.05, 0.1) is 6.20 Å². The normalized spacial score (nSPS) is 11.4. The van der Waals surface area contributed by atoms with Crippen LogP contribution in [0.2, 0.25) is 13.1 Å². The van der Waals surface area contributed by atoms with Gasteiger partial charge in [-0.2, -0.15) is 5.10 Å². The molecule has 0 N–H and O–H groups in total. The maximum Gasteiger partial charge on any atom is 0.274 e. The molecule has 0 bridgehead atoms. The molecule has 19 heavy (non-hydrogen) atoms. The largest absolute Gasteiger partial charge is 0.541 e. The molecule has 0 aliphatic rings. The summed E-state index contributed by atoms with van der Waals surface area (Å²) in [4.78, 5) is 4.56. The van der Waals surface area contributed by atoms with E-state index in [-0.39, 0.29) is 0 Å². The Balaban J connectivity index is 2.30. The fourth-order valence-electron chi connectivity index (χ4n) is 1.75. The Morgan fingerprint density at radius 3 is 2.79 bits per heavy atom. The van der Waals surface area contributed by atoms with Gasteiger partial charge in [-0.25, -0.2) is 0 Å². The van der Waals surface area contributed by atoms with Gasteiger partial charge in [0.15, 0.2) is 0 Å². The van der Waals surface area contributed by atoms with Gasteiger partial charge in [0, 0.05) is 25.0 Å². The zero-order valence-electron chi connectivity index (χ0n) is 11.7. The first-order chi connectivity index (χ1) is 9.06. The molecule has 5 heteroatoms. The third-order valence-corrected chi connectivity index (χ3v) is 3.21. The predicted octanol–water partition coefficient (Wildman–Crippen LogP) is 3.11. The minimum absolute atomic E-state index is 0.794. The van der Waals surface area contributed by atoms with Crippen molar-refractivity contribution in [1.82, 2.24) is 9.78 Å². The van der Waals surface area contributed by atoms with E-state index >= 15 is 0 Å².